The summed E-state index contributed by atoms with van der Waals surface area (Å²) in [5, 5.41) is 0.122. The molecule has 0 saturated carbocycles. The van der Waals surface area contributed by atoms with Gasteiger partial charge in [-0.2, -0.15) is 0 Å². The van der Waals surface area contributed by atoms with Gasteiger partial charge in [-0.25, -0.2) is 8.78 Å². The zero-order valence-corrected chi connectivity index (χ0v) is 5.38. The molecule has 50 valence electrons. The third kappa shape index (κ3) is 1.52. The Bertz CT molecular complexity index is 181. The van der Waals surface area contributed by atoms with E-state index in [1.165, 1.54) is 0 Å². The highest BCUT2D eigenvalue weighted by Gasteiger charge is 2.10. The van der Waals surface area contributed by atoms with E-state index in [1.54, 1.807) is 0 Å². The minimum Gasteiger partial charge on any atom is -0.212 e. The Kier molecular flexibility index (Phi) is 1.86. The molecule has 0 radical (unpaired) electrons. The van der Waals surface area contributed by atoms with Gasteiger partial charge in [-0.05, 0) is 6.42 Å². The monoisotopic (exact) mass is 150 g/mol. The fourth-order valence-corrected chi connectivity index (χ4v) is 0.786. The average Bonchev–Trinajstić information content (AvgIpc) is 1.80. The molecule has 9 heavy (non-hydrogen) atoms. The molecule has 0 amide bonds. The van der Waals surface area contributed by atoms with Gasteiger partial charge in [-0.3, -0.25) is 0 Å². The summed E-state index contributed by atoms with van der Waals surface area (Å²) in [7, 11) is 0. The molecular weight excluding hydrogens is 146 g/mol. The summed E-state index contributed by atoms with van der Waals surface area (Å²) in [6, 6.07) is 0. The summed E-state index contributed by atoms with van der Waals surface area (Å²) in [5.41, 5.74) is 0. The van der Waals surface area contributed by atoms with Gasteiger partial charge < -0.3 is 0 Å². The Balaban J connectivity index is 2.83. The lowest BCUT2D eigenvalue weighted by Crippen LogP contribution is -1.87. The SMILES string of the molecule is FC1=CC(F)=C(Cl)CC1. The standard InChI is InChI=1S/C6H5ClF2/c7-5-2-1-4(8)3-6(5)9/h3H,1-2H2. The van der Waals surface area contributed by atoms with E-state index in [0.29, 0.717) is 0 Å². The lowest BCUT2D eigenvalue weighted by molar-refractivity contribution is 0.555. The summed E-state index contributed by atoms with van der Waals surface area (Å²) >= 11 is 5.33. The fourth-order valence-electron chi connectivity index (χ4n) is 0.637. The molecule has 0 aliphatic heterocycles. The number of allylic oxidation sites excluding steroid dienone is 4. The molecule has 1 rings (SSSR count). The molecule has 0 atom stereocenters. The van der Waals surface area contributed by atoms with E-state index in [0.717, 1.165) is 6.08 Å². The van der Waals surface area contributed by atoms with Crippen molar-refractivity contribution < 1.29 is 8.78 Å². The maximum atomic E-state index is 12.3. The lowest BCUT2D eigenvalue weighted by Gasteiger charge is -2.03. The minimum atomic E-state index is -0.639. The maximum absolute atomic E-state index is 12.3. The fraction of sp³-hybridized carbons (Fsp3) is 0.333. The number of hydrogen-bond donors (Lipinski definition) is 0. The Morgan fingerprint density at radius 1 is 1.33 bits per heavy atom. The largest absolute Gasteiger partial charge is 0.212 e. The van der Waals surface area contributed by atoms with Gasteiger partial charge in [-0.15, -0.1) is 0 Å². The molecule has 0 saturated heterocycles. The van der Waals surface area contributed by atoms with Crippen LogP contribution in [-0.2, 0) is 0 Å². The van der Waals surface area contributed by atoms with Crippen molar-refractivity contribution in [2.45, 2.75) is 12.8 Å². The highest BCUT2D eigenvalue weighted by Crippen LogP contribution is 2.27. The van der Waals surface area contributed by atoms with Gasteiger partial charge in [0.25, 0.3) is 0 Å². The molecule has 0 heterocycles. The molecule has 0 bridgehead atoms. The van der Waals surface area contributed by atoms with Crippen molar-refractivity contribution in [1.29, 1.82) is 0 Å². The van der Waals surface area contributed by atoms with Gasteiger partial charge in [0.1, 0.15) is 11.7 Å². The minimum absolute atomic E-state index is 0.122. The second-order valence-electron chi connectivity index (χ2n) is 1.84. The second-order valence-corrected chi connectivity index (χ2v) is 2.30. The number of rotatable bonds is 0. The molecule has 0 N–H and O–H groups in total. The van der Waals surface area contributed by atoms with E-state index in [4.69, 9.17) is 11.6 Å². The lowest BCUT2D eigenvalue weighted by atomic mass is 10.2. The van der Waals surface area contributed by atoms with Crippen molar-refractivity contribution in [1.82, 2.24) is 0 Å². The summed E-state index contributed by atoms with van der Waals surface area (Å²) in [4.78, 5) is 0. The van der Waals surface area contributed by atoms with E-state index in [9.17, 15) is 8.78 Å². The quantitative estimate of drug-likeness (QED) is 0.498. The Morgan fingerprint density at radius 3 is 2.44 bits per heavy atom. The van der Waals surface area contributed by atoms with Crippen LogP contribution in [0.2, 0.25) is 0 Å². The predicted molar refractivity (Wildman–Crippen MR) is 32.4 cm³/mol. The summed E-state index contributed by atoms with van der Waals surface area (Å²) < 4.78 is 24.4. The smallest absolute Gasteiger partial charge is 0.140 e. The molecule has 0 aromatic rings. The van der Waals surface area contributed by atoms with Crippen LogP contribution < -0.4 is 0 Å². The van der Waals surface area contributed by atoms with Gasteiger partial charge in [0.15, 0.2) is 0 Å². The average molecular weight is 151 g/mol. The van der Waals surface area contributed by atoms with Crippen LogP contribution >= 0.6 is 11.6 Å². The first kappa shape index (κ1) is 6.75. The van der Waals surface area contributed by atoms with Gasteiger partial charge in [0.05, 0.1) is 5.03 Å². The molecule has 3 heteroatoms. The summed E-state index contributed by atoms with van der Waals surface area (Å²) in [6.07, 6.45) is 1.34. The second kappa shape index (κ2) is 2.48. The van der Waals surface area contributed by atoms with E-state index in [1.807, 2.05) is 0 Å². The van der Waals surface area contributed by atoms with Crippen LogP contribution in [0.15, 0.2) is 22.8 Å². The van der Waals surface area contributed by atoms with Crippen molar-refractivity contribution in [2.75, 3.05) is 0 Å². The van der Waals surface area contributed by atoms with Crippen LogP contribution in [-0.4, -0.2) is 0 Å². The maximum Gasteiger partial charge on any atom is 0.140 e. The Hall–Kier alpha value is -0.370. The highest BCUT2D eigenvalue weighted by atomic mass is 35.5. The van der Waals surface area contributed by atoms with Crippen LogP contribution in [0, 0.1) is 0 Å². The van der Waals surface area contributed by atoms with E-state index in [2.05, 4.69) is 0 Å². The van der Waals surface area contributed by atoms with Crippen LogP contribution in [0.1, 0.15) is 12.8 Å². The molecule has 1 aliphatic rings. The number of halogens is 3. The molecule has 0 fully saturated rings. The van der Waals surface area contributed by atoms with E-state index < -0.39 is 11.7 Å². The first-order valence-electron chi connectivity index (χ1n) is 2.60. The Labute approximate surface area is 56.8 Å². The van der Waals surface area contributed by atoms with Crippen molar-refractivity contribution in [3.05, 3.63) is 22.8 Å². The van der Waals surface area contributed by atoms with Crippen LogP contribution in [0.5, 0.6) is 0 Å². The van der Waals surface area contributed by atoms with Gasteiger partial charge >= 0.3 is 0 Å². The molecule has 1 aliphatic carbocycles. The van der Waals surface area contributed by atoms with Crippen molar-refractivity contribution in [2.24, 2.45) is 0 Å². The van der Waals surface area contributed by atoms with E-state index in [-0.39, 0.29) is 17.9 Å². The molecular formula is C6H5ClF2. The van der Waals surface area contributed by atoms with E-state index >= 15 is 0 Å². The van der Waals surface area contributed by atoms with Crippen molar-refractivity contribution >= 4 is 11.6 Å². The molecule has 0 aromatic heterocycles. The van der Waals surface area contributed by atoms with Crippen LogP contribution in [0.25, 0.3) is 0 Å². The molecule has 0 spiro atoms. The number of hydrogen-bond acceptors (Lipinski definition) is 0. The van der Waals surface area contributed by atoms with Crippen molar-refractivity contribution in [3.8, 4) is 0 Å². The molecule has 0 nitrogen and oxygen atoms in total. The third-order valence-electron chi connectivity index (χ3n) is 1.13. The third-order valence-corrected chi connectivity index (χ3v) is 1.50. The predicted octanol–water partition coefficient (Wildman–Crippen LogP) is 3.05. The first-order chi connectivity index (χ1) is 4.20. The summed E-state index contributed by atoms with van der Waals surface area (Å²) in [6.45, 7) is 0. The van der Waals surface area contributed by atoms with Gasteiger partial charge in [0, 0.05) is 12.5 Å². The van der Waals surface area contributed by atoms with Crippen LogP contribution in [0.4, 0.5) is 8.78 Å². The van der Waals surface area contributed by atoms with Crippen molar-refractivity contribution in [3.63, 3.8) is 0 Å². The molecule has 0 unspecified atom stereocenters. The normalized spacial score (nSPS) is 20.1. The highest BCUT2D eigenvalue weighted by molar-refractivity contribution is 6.30. The summed E-state index contributed by atoms with van der Waals surface area (Å²) in [5.74, 6) is -1.07. The zero-order chi connectivity index (χ0) is 6.85. The zero-order valence-electron chi connectivity index (χ0n) is 4.63. The topological polar surface area (TPSA) is 0 Å². The first-order valence-corrected chi connectivity index (χ1v) is 2.98. The molecule has 0 aromatic carbocycles. The Morgan fingerprint density at radius 2 is 2.00 bits per heavy atom. The van der Waals surface area contributed by atoms with Crippen LogP contribution in [0.3, 0.4) is 0 Å². The van der Waals surface area contributed by atoms with Gasteiger partial charge in [0.2, 0.25) is 0 Å². The van der Waals surface area contributed by atoms with Gasteiger partial charge in [-0.1, -0.05) is 11.6 Å².